The summed E-state index contributed by atoms with van der Waals surface area (Å²) >= 11 is 5.93. The van der Waals surface area contributed by atoms with Gasteiger partial charge in [0.25, 0.3) is 0 Å². The molecule has 4 nitrogen and oxygen atoms in total. The van der Waals surface area contributed by atoms with E-state index in [4.69, 9.17) is 21.4 Å². The highest BCUT2D eigenvalue weighted by atomic mass is 35.5. The topological polar surface area (TPSA) is 49.8 Å². The van der Waals surface area contributed by atoms with Gasteiger partial charge in [0.2, 0.25) is 0 Å². The van der Waals surface area contributed by atoms with Gasteiger partial charge < -0.3 is 9.84 Å². The van der Waals surface area contributed by atoms with Crippen molar-refractivity contribution in [1.29, 1.82) is 0 Å². The first kappa shape index (κ1) is 21.9. The zero-order chi connectivity index (χ0) is 21.8. The van der Waals surface area contributed by atoms with Crippen molar-refractivity contribution in [2.24, 2.45) is 5.92 Å². The van der Waals surface area contributed by atoms with Crippen LogP contribution in [0, 0.1) is 5.92 Å². The van der Waals surface area contributed by atoms with Crippen molar-refractivity contribution in [3.63, 3.8) is 0 Å². The fraction of sp³-hybridized carbons (Fsp3) is 0.423. The molecule has 5 heteroatoms. The molecule has 1 fully saturated rings. The molecule has 1 aliphatic heterocycles. The Labute approximate surface area is 189 Å². The third-order valence-electron chi connectivity index (χ3n) is 6.47. The number of carboxylic acids is 1. The Kier molecular flexibility index (Phi) is 6.99. The number of ether oxygens (including phenoxy) is 1. The Hall–Kier alpha value is -2.30. The average Bonchev–Trinajstić information content (AvgIpc) is 2.72. The number of hydrogen-bond acceptors (Lipinski definition) is 3. The van der Waals surface area contributed by atoms with Crippen molar-refractivity contribution >= 4 is 23.1 Å². The minimum absolute atomic E-state index is 0.192. The zero-order valence-electron chi connectivity index (χ0n) is 18.1. The maximum Gasteiger partial charge on any atom is 0.309 e. The molecule has 1 saturated heterocycles. The number of likely N-dealkylation sites (tertiary alicyclic amines) is 1. The van der Waals surface area contributed by atoms with Gasteiger partial charge in [-0.15, -0.1) is 0 Å². The number of benzene rings is 2. The van der Waals surface area contributed by atoms with Crippen molar-refractivity contribution in [2.75, 3.05) is 26.2 Å². The second kappa shape index (κ2) is 9.88. The fourth-order valence-electron chi connectivity index (χ4n) is 4.49. The first-order chi connectivity index (χ1) is 15.0. The van der Waals surface area contributed by atoms with E-state index in [-0.39, 0.29) is 5.92 Å². The molecule has 1 heterocycles. The Morgan fingerprint density at radius 3 is 2.65 bits per heavy atom. The second-order valence-corrected chi connectivity index (χ2v) is 9.15. The molecule has 31 heavy (non-hydrogen) atoms. The second-order valence-electron chi connectivity index (χ2n) is 8.71. The van der Waals surface area contributed by atoms with Crippen LogP contribution in [0.3, 0.4) is 0 Å². The van der Waals surface area contributed by atoms with E-state index in [0.29, 0.717) is 13.1 Å². The SMILES string of the molecule is CC1=C(CN2CC(C(=O)O)C2)CCc2cc(OCCCCc3ccc(Cl)cc3)ccc21. The lowest BCUT2D eigenvalue weighted by Crippen LogP contribution is -2.50. The Bertz CT molecular complexity index is 961. The fourth-order valence-corrected chi connectivity index (χ4v) is 4.62. The molecular weight excluding hydrogens is 410 g/mol. The predicted octanol–water partition coefficient (Wildman–Crippen LogP) is 5.48. The van der Waals surface area contributed by atoms with Crippen LogP contribution in [0.25, 0.3) is 5.57 Å². The molecule has 4 rings (SSSR count). The molecule has 1 aliphatic carbocycles. The molecule has 0 saturated carbocycles. The summed E-state index contributed by atoms with van der Waals surface area (Å²) in [7, 11) is 0. The number of carbonyl (C=O) groups is 1. The van der Waals surface area contributed by atoms with E-state index in [9.17, 15) is 4.79 Å². The number of hydrogen-bond donors (Lipinski definition) is 1. The Balaban J connectivity index is 1.26. The lowest BCUT2D eigenvalue weighted by Gasteiger charge is -2.38. The van der Waals surface area contributed by atoms with Crippen molar-refractivity contribution in [3.8, 4) is 5.75 Å². The third-order valence-corrected chi connectivity index (χ3v) is 6.72. The molecule has 0 atom stereocenters. The normalized spacial score (nSPS) is 16.7. The van der Waals surface area contributed by atoms with Gasteiger partial charge in [0.15, 0.2) is 0 Å². The maximum atomic E-state index is 11.0. The number of unbranched alkanes of at least 4 members (excludes halogenated alkanes) is 1. The number of halogens is 1. The molecular formula is C26H30ClNO3. The van der Waals surface area contributed by atoms with Crippen molar-refractivity contribution in [2.45, 2.75) is 39.0 Å². The number of allylic oxidation sites excluding steroid dienone is 1. The molecule has 0 spiro atoms. The van der Waals surface area contributed by atoms with Gasteiger partial charge >= 0.3 is 5.97 Å². The zero-order valence-corrected chi connectivity index (χ0v) is 18.8. The average molecular weight is 440 g/mol. The molecule has 0 aromatic heterocycles. The molecule has 0 radical (unpaired) electrons. The highest BCUT2D eigenvalue weighted by molar-refractivity contribution is 6.30. The summed E-state index contributed by atoms with van der Waals surface area (Å²) in [6.45, 7) is 5.15. The van der Waals surface area contributed by atoms with E-state index in [2.05, 4.69) is 42.2 Å². The van der Waals surface area contributed by atoms with Gasteiger partial charge in [-0.2, -0.15) is 0 Å². The summed E-state index contributed by atoms with van der Waals surface area (Å²) in [6.07, 6.45) is 5.22. The highest BCUT2D eigenvalue weighted by Gasteiger charge is 2.33. The van der Waals surface area contributed by atoms with Crippen molar-refractivity contribution in [1.82, 2.24) is 4.90 Å². The Morgan fingerprint density at radius 1 is 1.13 bits per heavy atom. The number of nitrogens with zero attached hydrogens (tertiary/aromatic N) is 1. The van der Waals surface area contributed by atoms with E-state index >= 15 is 0 Å². The molecule has 2 aromatic carbocycles. The predicted molar refractivity (Wildman–Crippen MR) is 125 cm³/mol. The number of aryl methyl sites for hydroxylation is 2. The first-order valence-corrected chi connectivity index (χ1v) is 11.5. The summed E-state index contributed by atoms with van der Waals surface area (Å²) in [4.78, 5) is 13.3. The number of fused-ring (bicyclic) bond motifs is 1. The van der Waals surface area contributed by atoms with E-state index in [1.807, 2.05) is 12.1 Å². The van der Waals surface area contributed by atoms with Gasteiger partial charge in [-0.25, -0.2) is 0 Å². The maximum absolute atomic E-state index is 11.0. The van der Waals surface area contributed by atoms with Crippen LogP contribution in [0.1, 0.15) is 42.9 Å². The van der Waals surface area contributed by atoms with Crippen LogP contribution in [-0.2, 0) is 17.6 Å². The molecule has 164 valence electrons. The summed E-state index contributed by atoms with van der Waals surface area (Å²) in [5, 5.41) is 9.84. The van der Waals surface area contributed by atoms with Crippen LogP contribution in [0.4, 0.5) is 0 Å². The standard InChI is InChI=1S/C26H30ClNO3/c1-18-21(15-28-16-22(17-28)26(29)30)8-7-20-14-24(11-12-25(18)20)31-13-3-2-4-19-5-9-23(27)10-6-19/h5-6,9-12,14,22H,2-4,7-8,13,15-17H2,1H3,(H,29,30). The van der Waals surface area contributed by atoms with Gasteiger partial charge in [-0.05, 0) is 85.6 Å². The largest absolute Gasteiger partial charge is 0.494 e. The summed E-state index contributed by atoms with van der Waals surface area (Å²) in [6, 6.07) is 14.5. The van der Waals surface area contributed by atoms with Crippen LogP contribution in [0.15, 0.2) is 48.0 Å². The minimum atomic E-state index is -0.673. The monoisotopic (exact) mass is 439 g/mol. The van der Waals surface area contributed by atoms with Gasteiger partial charge in [0.05, 0.1) is 12.5 Å². The van der Waals surface area contributed by atoms with Crippen LogP contribution >= 0.6 is 11.6 Å². The molecule has 0 unspecified atom stereocenters. The number of carboxylic acid groups (broad SMARTS) is 1. The lowest BCUT2D eigenvalue weighted by atomic mass is 9.85. The van der Waals surface area contributed by atoms with Crippen molar-refractivity contribution in [3.05, 3.63) is 69.8 Å². The van der Waals surface area contributed by atoms with Crippen LogP contribution < -0.4 is 4.74 Å². The smallest absolute Gasteiger partial charge is 0.309 e. The number of rotatable bonds is 9. The van der Waals surface area contributed by atoms with Gasteiger partial charge in [-0.3, -0.25) is 9.69 Å². The summed E-state index contributed by atoms with van der Waals surface area (Å²) in [5.74, 6) is 0.0877. The summed E-state index contributed by atoms with van der Waals surface area (Å²) in [5.41, 5.74) is 6.76. The van der Waals surface area contributed by atoms with E-state index in [1.54, 1.807) is 0 Å². The van der Waals surface area contributed by atoms with Crippen molar-refractivity contribution < 1.29 is 14.6 Å². The van der Waals surface area contributed by atoms with Crippen LogP contribution in [0.2, 0.25) is 5.02 Å². The van der Waals surface area contributed by atoms with E-state index < -0.39 is 5.97 Å². The first-order valence-electron chi connectivity index (χ1n) is 11.1. The van der Waals surface area contributed by atoms with Gasteiger partial charge in [0, 0.05) is 24.7 Å². The highest BCUT2D eigenvalue weighted by Crippen LogP contribution is 2.34. The molecule has 0 amide bonds. The van der Waals surface area contributed by atoms with Gasteiger partial charge in [0.1, 0.15) is 5.75 Å². The third kappa shape index (κ3) is 5.50. The summed E-state index contributed by atoms with van der Waals surface area (Å²) < 4.78 is 6.02. The quantitative estimate of drug-likeness (QED) is 0.526. The lowest BCUT2D eigenvalue weighted by molar-refractivity contribution is -0.147. The minimum Gasteiger partial charge on any atom is -0.494 e. The van der Waals surface area contributed by atoms with Crippen LogP contribution in [-0.4, -0.2) is 42.2 Å². The van der Waals surface area contributed by atoms with Gasteiger partial charge in [-0.1, -0.05) is 35.4 Å². The molecule has 2 aliphatic rings. The van der Waals surface area contributed by atoms with E-state index in [0.717, 1.165) is 56.0 Å². The Morgan fingerprint density at radius 2 is 1.90 bits per heavy atom. The number of aliphatic carboxylic acids is 1. The molecule has 0 bridgehead atoms. The van der Waals surface area contributed by atoms with E-state index in [1.165, 1.54) is 27.8 Å². The molecule has 2 aromatic rings. The molecule has 1 N–H and O–H groups in total. The van der Waals surface area contributed by atoms with Crippen LogP contribution in [0.5, 0.6) is 5.75 Å².